The summed E-state index contributed by atoms with van der Waals surface area (Å²) in [5.74, 6) is -0.952. The summed E-state index contributed by atoms with van der Waals surface area (Å²) in [6.45, 7) is 0.628. The average molecular weight is 382 g/mol. The summed E-state index contributed by atoms with van der Waals surface area (Å²) in [6, 6.07) is 11.5. The number of halogens is 1. The monoisotopic (exact) mass is 381 g/mol. The molecule has 2 aromatic rings. The summed E-state index contributed by atoms with van der Waals surface area (Å²) >= 11 is 4.93. The lowest BCUT2D eigenvalue weighted by molar-refractivity contribution is -0.138. The largest absolute Gasteiger partial charge is 0.481 e. The maximum Gasteiger partial charge on any atom is 0.305 e. The highest BCUT2D eigenvalue weighted by atomic mass is 79.9. The fourth-order valence-corrected chi connectivity index (χ4v) is 3.19. The van der Waals surface area contributed by atoms with Crippen molar-refractivity contribution in [2.45, 2.75) is 19.4 Å². The molecule has 1 aromatic heterocycles. The number of nitrogens with zero attached hydrogens (tertiary/aromatic N) is 1. The molecule has 0 saturated heterocycles. The van der Waals surface area contributed by atoms with Gasteiger partial charge in [-0.3, -0.25) is 9.59 Å². The Morgan fingerprint density at radius 2 is 2.05 bits per heavy atom. The van der Waals surface area contributed by atoms with E-state index in [0.717, 1.165) is 14.9 Å². The number of carbonyl (C=O) groups is 2. The Morgan fingerprint density at radius 1 is 1.23 bits per heavy atom. The van der Waals surface area contributed by atoms with Gasteiger partial charge < -0.3 is 10.0 Å². The predicted octanol–water partition coefficient (Wildman–Crippen LogP) is 3.56. The van der Waals surface area contributed by atoms with Crippen LogP contribution in [-0.4, -0.2) is 28.4 Å². The molecule has 6 heteroatoms. The van der Waals surface area contributed by atoms with Gasteiger partial charge in [-0.1, -0.05) is 34.1 Å². The third-order valence-electron chi connectivity index (χ3n) is 3.12. The van der Waals surface area contributed by atoms with Crippen LogP contribution in [0, 0.1) is 0 Å². The van der Waals surface area contributed by atoms with Crippen LogP contribution in [-0.2, 0) is 22.6 Å². The summed E-state index contributed by atoms with van der Waals surface area (Å²) in [5.41, 5.74) is 0.972. The second kappa shape index (κ2) is 8.10. The van der Waals surface area contributed by atoms with E-state index in [1.807, 2.05) is 41.8 Å². The van der Waals surface area contributed by atoms with Gasteiger partial charge in [0.05, 0.1) is 12.8 Å². The Bertz CT molecular complexity index is 643. The van der Waals surface area contributed by atoms with Crippen molar-refractivity contribution in [3.8, 4) is 0 Å². The smallest absolute Gasteiger partial charge is 0.305 e. The molecule has 0 aliphatic carbocycles. The molecule has 0 saturated carbocycles. The zero-order chi connectivity index (χ0) is 15.9. The fraction of sp³-hybridized carbons (Fsp3) is 0.250. The quantitative estimate of drug-likeness (QED) is 0.797. The number of hydrogen-bond donors (Lipinski definition) is 1. The molecule has 0 radical (unpaired) electrons. The lowest BCUT2D eigenvalue weighted by Gasteiger charge is -2.22. The summed E-state index contributed by atoms with van der Waals surface area (Å²) in [4.78, 5) is 25.8. The van der Waals surface area contributed by atoms with Crippen molar-refractivity contribution in [3.05, 3.63) is 56.7 Å². The molecule has 1 amide bonds. The Hall–Kier alpha value is -1.66. The molecular formula is C16H16BrNO3S. The lowest BCUT2D eigenvalue weighted by atomic mass is 10.2. The maximum atomic E-state index is 12.4. The molecule has 0 unspecified atom stereocenters. The van der Waals surface area contributed by atoms with E-state index in [1.54, 1.807) is 4.90 Å². The van der Waals surface area contributed by atoms with Gasteiger partial charge in [0.1, 0.15) is 0 Å². The Labute approximate surface area is 141 Å². The maximum absolute atomic E-state index is 12.4. The summed E-state index contributed by atoms with van der Waals surface area (Å²) in [5, 5.41) is 10.8. The second-order valence-corrected chi connectivity index (χ2v) is 6.79. The number of carboxylic acids is 1. The molecule has 1 N–H and O–H groups in total. The number of benzene rings is 1. The van der Waals surface area contributed by atoms with E-state index in [0.29, 0.717) is 13.0 Å². The van der Waals surface area contributed by atoms with E-state index in [9.17, 15) is 9.59 Å². The van der Waals surface area contributed by atoms with E-state index in [-0.39, 0.29) is 18.9 Å². The van der Waals surface area contributed by atoms with Gasteiger partial charge in [0, 0.05) is 22.4 Å². The van der Waals surface area contributed by atoms with Gasteiger partial charge >= 0.3 is 5.97 Å². The average Bonchev–Trinajstić information content (AvgIpc) is 2.96. The number of carbonyl (C=O) groups excluding carboxylic acids is 1. The topological polar surface area (TPSA) is 57.6 Å². The SMILES string of the molecule is O=C(O)CCN(Cc1cccc(Br)c1)C(=O)Cc1cccs1. The molecule has 0 atom stereocenters. The molecule has 0 aliphatic heterocycles. The van der Waals surface area contributed by atoms with Gasteiger partial charge in [0.15, 0.2) is 0 Å². The number of thiophene rings is 1. The van der Waals surface area contributed by atoms with Crippen LogP contribution in [0.15, 0.2) is 46.3 Å². The minimum Gasteiger partial charge on any atom is -0.481 e. The molecule has 1 heterocycles. The highest BCUT2D eigenvalue weighted by molar-refractivity contribution is 9.10. The Morgan fingerprint density at radius 3 is 2.68 bits per heavy atom. The minimum absolute atomic E-state index is 0.0514. The van der Waals surface area contributed by atoms with Crippen molar-refractivity contribution in [2.75, 3.05) is 6.54 Å². The van der Waals surface area contributed by atoms with Crippen molar-refractivity contribution < 1.29 is 14.7 Å². The standard InChI is InChI=1S/C16H16BrNO3S/c17-13-4-1-3-12(9-13)11-18(7-6-16(20)21)15(19)10-14-5-2-8-22-14/h1-5,8-9H,6-7,10-11H2,(H,20,21). The van der Waals surface area contributed by atoms with Gasteiger partial charge in [-0.15, -0.1) is 11.3 Å². The molecule has 0 fully saturated rings. The van der Waals surface area contributed by atoms with Crippen molar-refractivity contribution >= 4 is 39.1 Å². The normalized spacial score (nSPS) is 10.4. The fourth-order valence-electron chi connectivity index (χ4n) is 2.05. The van der Waals surface area contributed by atoms with Crippen LogP contribution in [0.5, 0.6) is 0 Å². The van der Waals surface area contributed by atoms with E-state index < -0.39 is 5.97 Å². The second-order valence-electron chi connectivity index (χ2n) is 4.85. The van der Waals surface area contributed by atoms with Crippen LogP contribution in [0.4, 0.5) is 0 Å². The van der Waals surface area contributed by atoms with Gasteiger partial charge in [-0.2, -0.15) is 0 Å². The summed E-state index contributed by atoms with van der Waals surface area (Å²) in [6.07, 6.45) is 0.259. The molecule has 116 valence electrons. The number of hydrogen-bond acceptors (Lipinski definition) is 3. The zero-order valence-electron chi connectivity index (χ0n) is 11.9. The number of aliphatic carboxylic acids is 1. The van der Waals surface area contributed by atoms with E-state index in [2.05, 4.69) is 15.9 Å². The first-order chi connectivity index (χ1) is 10.5. The molecule has 22 heavy (non-hydrogen) atoms. The first kappa shape index (κ1) is 16.7. The highest BCUT2D eigenvalue weighted by Crippen LogP contribution is 2.16. The van der Waals surface area contributed by atoms with Crippen LogP contribution < -0.4 is 0 Å². The Balaban J connectivity index is 2.07. The van der Waals surface area contributed by atoms with Gasteiger partial charge in [-0.25, -0.2) is 0 Å². The zero-order valence-corrected chi connectivity index (χ0v) is 14.3. The Kier molecular flexibility index (Phi) is 6.15. The first-order valence-electron chi connectivity index (χ1n) is 6.81. The number of rotatable bonds is 7. The van der Waals surface area contributed by atoms with Crippen LogP contribution in [0.1, 0.15) is 16.9 Å². The van der Waals surface area contributed by atoms with Crippen molar-refractivity contribution in [2.24, 2.45) is 0 Å². The van der Waals surface area contributed by atoms with Crippen molar-refractivity contribution in [1.29, 1.82) is 0 Å². The molecular weight excluding hydrogens is 366 g/mol. The third-order valence-corrected chi connectivity index (χ3v) is 4.49. The van der Waals surface area contributed by atoms with E-state index >= 15 is 0 Å². The summed E-state index contributed by atoms with van der Waals surface area (Å²) < 4.78 is 0.939. The third kappa shape index (κ3) is 5.27. The summed E-state index contributed by atoms with van der Waals surface area (Å²) in [7, 11) is 0. The van der Waals surface area contributed by atoms with Crippen LogP contribution in [0.3, 0.4) is 0 Å². The van der Waals surface area contributed by atoms with Crippen LogP contribution in [0.2, 0.25) is 0 Å². The molecule has 1 aromatic carbocycles. The molecule has 0 aliphatic rings. The van der Waals surface area contributed by atoms with E-state index in [4.69, 9.17) is 5.11 Å². The molecule has 2 rings (SSSR count). The number of carboxylic acid groups (broad SMARTS) is 1. The number of amides is 1. The van der Waals surface area contributed by atoms with Crippen molar-refractivity contribution in [3.63, 3.8) is 0 Å². The molecule has 0 bridgehead atoms. The van der Waals surface area contributed by atoms with Crippen LogP contribution in [0.25, 0.3) is 0 Å². The molecule has 4 nitrogen and oxygen atoms in total. The minimum atomic E-state index is -0.900. The predicted molar refractivity (Wildman–Crippen MR) is 89.8 cm³/mol. The van der Waals surface area contributed by atoms with E-state index in [1.165, 1.54) is 11.3 Å². The van der Waals surface area contributed by atoms with Crippen molar-refractivity contribution in [1.82, 2.24) is 4.90 Å². The van der Waals surface area contributed by atoms with Crippen LogP contribution >= 0.6 is 27.3 Å². The highest BCUT2D eigenvalue weighted by Gasteiger charge is 2.16. The molecule has 0 spiro atoms. The van der Waals surface area contributed by atoms with Gasteiger partial charge in [-0.05, 0) is 29.1 Å². The van der Waals surface area contributed by atoms with Gasteiger partial charge in [0.25, 0.3) is 0 Å². The van der Waals surface area contributed by atoms with Gasteiger partial charge in [0.2, 0.25) is 5.91 Å². The lowest BCUT2D eigenvalue weighted by Crippen LogP contribution is -2.33. The first-order valence-corrected chi connectivity index (χ1v) is 8.48.